The first-order chi connectivity index (χ1) is 11.9. The fourth-order valence-corrected chi connectivity index (χ4v) is 4.75. The summed E-state index contributed by atoms with van der Waals surface area (Å²) in [5.74, 6) is 1.91. The highest BCUT2D eigenvalue weighted by molar-refractivity contribution is 5.72. The van der Waals surface area contributed by atoms with Crippen molar-refractivity contribution < 1.29 is 19.1 Å². The summed E-state index contributed by atoms with van der Waals surface area (Å²) >= 11 is 0. The lowest BCUT2D eigenvalue weighted by Gasteiger charge is -2.39. The summed E-state index contributed by atoms with van der Waals surface area (Å²) < 4.78 is 10.8. The Morgan fingerprint density at radius 2 is 2.08 bits per heavy atom. The molecule has 6 atom stereocenters. The van der Waals surface area contributed by atoms with Crippen molar-refractivity contribution in [3.8, 4) is 0 Å². The minimum atomic E-state index is -0.324. The second kappa shape index (κ2) is 7.76. The summed E-state index contributed by atoms with van der Waals surface area (Å²) in [6, 6.07) is 0. The number of ether oxygens (including phenoxy) is 2. The molecule has 138 valence electrons. The molecule has 1 aliphatic heterocycles. The molecule has 0 saturated carbocycles. The summed E-state index contributed by atoms with van der Waals surface area (Å²) in [6.45, 7) is 5.98. The molecule has 1 heterocycles. The van der Waals surface area contributed by atoms with E-state index >= 15 is 0 Å². The molecule has 0 spiro atoms. The van der Waals surface area contributed by atoms with E-state index in [0.717, 1.165) is 12.8 Å². The van der Waals surface area contributed by atoms with Gasteiger partial charge in [-0.15, -0.1) is 0 Å². The number of carbonyl (C=O) groups is 2. The predicted molar refractivity (Wildman–Crippen MR) is 95.7 cm³/mol. The number of esters is 2. The van der Waals surface area contributed by atoms with Gasteiger partial charge in [0.05, 0.1) is 6.42 Å². The molecule has 0 amide bonds. The van der Waals surface area contributed by atoms with Gasteiger partial charge in [-0.2, -0.15) is 0 Å². The van der Waals surface area contributed by atoms with Crippen LogP contribution in [0.2, 0.25) is 0 Å². The van der Waals surface area contributed by atoms with Crippen LogP contribution in [-0.4, -0.2) is 24.1 Å². The highest BCUT2D eigenvalue weighted by atomic mass is 16.6. The maximum atomic E-state index is 11.8. The maximum Gasteiger partial charge on any atom is 0.309 e. The summed E-state index contributed by atoms with van der Waals surface area (Å²) in [5, 5.41) is 0. The molecule has 2 unspecified atom stereocenters. The molecule has 2 aliphatic carbocycles. The van der Waals surface area contributed by atoms with E-state index in [1.54, 1.807) is 0 Å². The molecule has 0 N–H and O–H groups in total. The van der Waals surface area contributed by atoms with Crippen LogP contribution in [0.1, 0.15) is 59.3 Å². The second-order valence-electron chi connectivity index (χ2n) is 8.07. The van der Waals surface area contributed by atoms with Gasteiger partial charge < -0.3 is 9.47 Å². The molecule has 3 aliphatic rings. The van der Waals surface area contributed by atoms with E-state index < -0.39 is 0 Å². The molecule has 0 aromatic heterocycles. The Balaban J connectivity index is 1.60. The van der Waals surface area contributed by atoms with Crippen molar-refractivity contribution in [1.82, 2.24) is 0 Å². The summed E-state index contributed by atoms with van der Waals surface area (Å²) in [7, 11) is 0. The van der Waals surface area contributed by atoms with E-state index in [2.05, 4.69) is 32.1 Å². The molecule has 1 fully saturated rings. The zero-order chi connectivity index (χ0) is 18.0. The number of hydrogen-bond donors (Lipinski definition) is 0. The van der Waals surface area contributed by atoms with Crippen molar-refractivity contribution in [2.75, 3.05) is 0 Å². The van der Waals surface area contributed by atoms with E-state index in [0.29, 0.717) is 30.1 Å². The van der Waals surface area contributed by atoms with Crippen LogP contribution in [0, 0.1) is 23.7 Å². The highest BCUT2D eigenvalue weighted by Gasteiger charge is 2.35. The van der Waals surface area contributed by atoms with Gasteiger partial charge in [-0.1, -0.05) is 32.1 Å². The third-order valence-corrected chi connectivity index (χ3v) is 6.00. The first kappa shape index (κ1) is 18.2. The molecular formula is C21H30O4. The number of fused-ring (bicyclic) bond motifs is 1. The number of carbonyl (C=O) groups excluding carboxylic acids is 2. The monoisotopic (exact) mass is 346 g/mol. The van der Waals surface area contributed by atoms with E-state index in [-0.39, 0.29) is 30.6 Å². The molecule has 0 bridgehead atoms. The van der Waals surface area contributed by atoms with Gasteiger partial charge in [0, 0.05) is 13.3 Å². The molecule has 1 saturated heterocycles. The van der Waals surface area contributed by atoms with Gasteiger partial charge >= 0.3 is 11.9 Å². The van der Waals surface area contributed by atoms with E-state index in [9.17, 15) is 9.59 Å². The Morgan fingerprint density at radius 1 is 1.28 bits per heavy atom. The Kier molecular flexibility index (Phi) is 5.65. The SMILES string of the molecule is CC(=O)O[C@H]1CC(=O)OC(CC[C@@H]2C3CC[C@@H](C)C=C3C=C[C@@H]2C)C1. The van der Waals surface area contributed by atoms with Crippen LogP contribution in [-0.2, 0) is 19.1 Å². The van der Waals surface area contributed by atoms with Gasteiger partial charge in [0.25, 0.3) is 0 Å². The Morgan fingerprint density at radius 3 is 2.84 bits per heavy atom. The van der Waals surface area contributed by atoms with Crippen LogP contribution >= 0.6 is 0 Å². The fourth-order valence-electron chi connectivity index (χ4n) is 4.75. The van der Waals surface area contributed by atoms with Crippen LogP contribution < -0.4 is 0 Å². The lowest BCUT2D eigenvalue weighted by molar-refractivity contribution is -0.168. The average molecular weight is 346 g/mol. The number of rotatable bonds is 4. The smallest absolute Gasteiger partial charge is 0.309 e. The van der Waals surface area contributed by atoms with Crippen LogP contribution in [0.25, 0.3) is 0 Å². The second-order valence-corrected chi connectivity index (χ2v) is 8.07. The minimum Gasteiger partial charge on any atom is -0.462 e. The zero-order valence-corrected chi connectivity index (χ0v) is 15.6. The molecule has 0 aromatic carbocycles. The Bertz CT molecular complexity index is 574. The van der Waals surface area contributed by atoms with Crippen molar-refractivity contribution in [2.24, 2.45) is 23.7 Å². The minimum absolute atomic E-state index is 0.126. The van der Waals surface area contributed by atoms with Crippen molar-refractivity contribution in [3.05, 3.63) is 23.8 Å². The largest absolute Gasteiger partial charge is 0.462 e. The Hall–Kier alpha value is -1.58. The molecule has 4 heteroatoms. The third kappa shape index (κ3) is 4.53. The van der Waals surface area contributed by atoms with Gasteiger partial charge in [-0.05, 0) is 54.9 Å². The quantitative estimate of drug-likeness (QED) is 0.716. The molecule has 3 rings (SSSR count). The first-order valence-electron chi connectivity index (χ1n) is 9.69. The van der Waals surface area contributed by atoms with E-state index in [1.807, 2.05) is 0 Å². The molecule has 25 heavy (non-hydrogen) atoms. The standard InChI is InChI=1S/C21H30O4/c1-13-4-8-20-16(10-13)6-5-14(2)19(20)9-7-17-11-18(24-15(3)22)12-21(23)25-17/h5-6,10,13-14,17-20H,4,7-9,11-12H2,1-3H3/t13-,14+,17?,18-,19+,20?/m1/s1. The van der Waals surface area contributed by atoms with E-state index in [1.165, 1.54) is 25.3 Å². The van der Waals surface area contributed by atoms with Gasteiger partial charge in [-0.25, -0.2) is 0 Å². The predicted octanol–water partition coefficient (Wildman–Crippen LogP) is 4.20. The summed E-state index contributed by atoms with van der Waals surface area (Å²) in [5.41, 5.74) is 1.50. The topological polar surface area (TPSA) is 52.6 Å². The number of cyclic esters (lactones) is 1. The lowest BCUT2D eigenvalue weighted by atomic mass is 9.66. The van der Waals surface area contributed by atoms with Gasteiger partial charge in [0.15, 0.2) is 0 Å². The Labute approximate surface area is 150 Å². The number of allylic oxidation sites excluding steroid dienone is 4. The van der Waals surface area contributed by atoms with Gasteiger partial charge in [-0.3, -0.25) is 9.59 Å². The maximum absolute atomic E-state index is 11.8. The fraction of sp³-hybridized carbons (Fsp3) is 0.714. The van der Waals surface area contributed by atoms with Gasteiger partial charge in [0.2, 0.25) is 0 Å². The van der Waals surface area contributed by atoms with Crippen molar-refractivity contribution in [2.45, 2.75) is 71.5 Å². The van der Waals surface area contributed by atoms with Crippen LogP contribution in [0.3, 0.4) is 0 Å². The summed E-state index contributed by atoms with van der Waals surface area (Å²) in [6.07, 6.45) is 11.9. The zero-order valence-electron chi connectivity index (χ0n) is 15.6. The van der Waals surface area contributed by atoms with Crippen LogP contribution in [0.5, 0.6) is 0 Å². The van der Waals surface area contributed by atoms with Crippen molar-refractivity contribution in [3.63, 3.8) is 0 Å². The first-order valence-corrected chi connectivity index (χ1v) is 9.69. The van der Waals surface area contributed by atoms with Crippen molar-refractivity contribution in [1.29, 1.82) is 0 Å². The van der Waals surface area contributed by atoms with Gasteiger partial charge in [0.1, 0.15) is 12.2 Å². The number of hydrogen-bond acceptors (Lipinski definition) is 4. The normalized spacial score (nSPS) is 37.7. The highest BCUT2D eigenvalue weighted by Crippen LogP contribution is 2.43. The molecule has 4 nitrogen and oxygen atoms in total. The van der Waals surface area contributed by atoms with Crippen molar-refractivity contribution >= 4 is 11.9 Å². The molecule has 0 radical (unpaired) electrons. The van der Waals surface area contributed by atoms with Crippen LogP contribution in [0.15, 0.2) is 23.8 Å². The lowest BCUT2D eigenvalue weighted by Crippen LogP contribution is -2.36. The molecular weight excluding hydrogens is 316 g/mol. The summed E-state index contributed by atoms with van der Waals surface area (Å²) in [4.78, 5) is 23.0. The van der Waals surface area contributed by atoms with E-state index in [4.69, 9.17) is 9.47 Å². The molecule has 0 aromatic rings. The average Bonchev–Trinajstić information content (AvgIpc) is 2.53. The third-order valence-electron chi connectivity index (χ3n) is 6.00. The van der Waals surface area contributed by atoms with Crippen LogP contribution in [0.4, 0.5) is 0 Å².